The van der Waals surface area contributed by atoms with Crippen LogP contribution in [0, 0.1) is 0 Å². The predicted molar refractivity (Wildman–Crippen MR) is 76.4 cm³/mol. The zero-order valence-corrected chi connectivity index (χ0v) is 12.3. The molecule has 0 radical (unpaired) electrons. The van der Waals surface area contributed by atoms with Gasteiger partial charge in [-0.05, 0) is 32.4 Å². The highest BCUT2D eigenvalue weighted by atomic mass is 16.5. The highest BCUT2D eigenvalue weighted by Gasteiger charge is 2.25. The van der Waals surface area contributed by atoms with Crippen LogP contribution in [0.25, 0.3) is 0 Å². The van der Waals surface area contributed by atoms with Crippen molar-refractivity contribution in [3.8, 4) is 0 Å². The summed E-state index contributed by atoms with van der Waals surface area (Å²) in [6.45, 7) is 4.86. The van der Waals surface area contributed by atoms with Gasteiger partial charge in [-0.1, -0.05) is 0 Å². The van der Waals surface area contributed by atoms with E-state index in [-0.39, 0.29) is 11.9 Å². The fourth-order valence-electron chi connectivity index (χ4n) is 2.56. The normalized spacial score (nSPS) is 20.0. The van der Waals surface area contributed by atoms with Crippen molar-refractivity contribution in [1.29, 1.82) is 0 Å². The number of aromatic nitrogens is 2. The second kappa shape index (κ2) is 7.40. The van der Waals surface area contributed by atoms with Crippen LogP contribution >= 0.6 is 0 Å². The molecule has 0 bridgehead atoms. The van der Waals surface area contributed by atoms with Crippen molar-refractivity contribution in [2.24, 2.45) is 0 Å². The van der Waals surface area contributed by atoms with E-state index in [1.54, 1.807) is 18.0 Å². The monoisotopic (exact) mass is 280 g/mol. The van der Waals surface area contributed by atoms with Gasteiger partial charge in [-0.3, -0.25) is 9.48 Å². The van der Waals surface area contributed by atoms with E-state index in [0.717, 1.165) is 19.5 Å². The van der Waals surface area contributed by atoms with Crippen LogP contribution in [0.15, 0.2) is 18.5 Å². The molecule has 1 fully saturated rings. The molecule has 6 heteroatoms. The minimum atomic E-state index is -0.275. The first-order valence-corrected chi connectivity index (χ1v) is 7.22. The van der Waals surface area contributed by atoms with Crippen LogP contribution in [0.2, 0.25) is 0 Å². The van der Waals surface area contributed by atoms with E-state index in [4.69, 9.17) is 4.74 Å². The second-order valence-electron chi connectivity index (χ2n) is 5.23. The minimum Gasteiger partial charge on any atom is -0.383 e. The molecule has 1 aliphatic rings. The molecule has 1 amide bonds. The molecule has 20 heavy (non-hydrogen) atoms. The minimum absolute atomic E-state index is 0.0967. The molecule has 2 heterocycles. The standard InChI is InChI=1S/C14H24N4O2/c1-12(18-8-4-7-16-18)14(19)17(9-10-20-2)11-13-5-3-6-15-13/h4,7-8,12-13,15H,3,5-6,9-11H2,1-2H3. The van der Waals surface area contributed by atoms with E-state index in [1.165, 1.54) is 6.42 Å². The van der Waals surface area contributed by atoms with E-state index in [0.29, 0.717) is 19.2 Å². The zero-order valence-electron chi connectivity index (χ0n) is 12.3. The number of methoxy groups -OCH3 is 1. The molecule has 0 spiro atoms. The Morgan fingerprint density at radius 2 is 2.50 bits per heavy atom. The van der Waals surface area contributed by atoms with E-state index in [1.807, 2.05) is 24.1 Å². The first-order valence-electron chi connectivity index (χ1n) is 7.22. The number of nitrogens with zero attached hydrogens (tertiary/aromatic N) is 3. The van der Waals surface area contributed by atoms with Crippen molar-refractivity contribution in [2.45, 2.75) is 31.8 Å². The third-order valence-corrected chi connectivity index (χ3v) is 3.76. The third-order valence-electron chi connectivity index (χ3n) is 3.76. The fraction of sp³-hybridized carbons (Fsp3) is 0.714. The fourth-order valence-corrected chi connectivity index (χ4v) is 2.56. The molecule has 1 N–H and O–H groups in total. The molecule has 2 unspecified atom stereocenters. The van der Waals surface area contributed by atoms with Gasteiger partial charge in [0.15, 0.2) is 0 Å². The largest absolute Gasteiger partial charge is 0.383 e. The number of ether oxygens (including phenoxy) is 1. The maximum atomic E-state index is 12.6. The van der Waals surface area contributed by atoms with Gasteiger partial charge in [-0.15, -0.1) is 0 Å². The second-order valence-corrected chi connectivity index (χ2v) is 5.23. The highest BCUT2D eigenvalue weighted by molar-refractivity contribution is 5.80. The first kappa shape index (κ1) is 15.0. The van der Waals surface area contributed by atoms with Gasteiger partial charge in [0.05, 0.1) is 6.61 Å². The number of nitrogens with one attached hydrogen (secondary N) is 1. The molecule has 1 saturated heterocycles. The van der Waals surface area contributed by atoms with Crippen LogP contribution in [0.1, 0.15) is 25.8 Å². The number of hydrogen-bond acceptors (Lipinski definition) is 4. The molecule has 1 aromatic heterocycles. The number of amides is 1. The van der Waals surface area contributed by atoms with Crippen molar-refractivity contribution < 1.29 is 9.53 Å². The topological polar surface area (TPSA) is 59.4 Å². The van der Waals surface area contributed by atoms with Gasteiger partial charge >= 0.3 is 0 Å². The van der Waals surface area contributed by atoms with Crippen LogP contribution in [-0.2, 0) is 9.53 Å². The van der Waals surface area contributed by atoms with Crippen molar-refractivity contribution in [2.75, 3.05) is 33.4 Å². The zero-order chi connectivity index (χ0) is 14.4. The van der Waals surface area contributed by atoms with Crippen molar-refractivity contribution in [3.05, 3.63) is 18.5 Å². The lowest BCUT2D eigenvalue weighted by Crippen LogP contribution is -2.45. The summed E-state index contributed by atoms with van der Waals surface area (Å²) >= 11 is 0. The van der Waals surface area contributed by atoms with Crippen LogP contribution in [0.4, 0.5) is 0 Å². The molecule has 1 aliphatic heterocycles. The van der Waals surface area contributed by atoms with Crippen LogP contribution in [0.3, 0.4) is 0 Å². The molecule has 1 aromatic rings. The van der Waals surface area contributed by atoms with Crippen molar-refractivity contribution >= 4 is 5.91 Å². The summed E-state index contributed by atoms with van der Waals surface area (Å²) in [6.07, 6.45) is 5.84. The van der Waals surface area contributed by atoms with E-state index in [9.17, 15) is 4.79 Å². The number of carbonyl (C=O) groups is 1. The Bertz CT molecular complexity index is 401. The number of rotatable bonds is 7. The molecular formula is C14H24N4O2. The lowest BCUT2D eigenvalue weighted by atomic mass is 10.2. The molecule has 0 aromatic carbocycles. The Balaban J connectivity index is 1.98. The van der Waals surface area contributed by atoms with Gasteiger partial charge in [0.25, 0.3) is 0 Å². The predicted octanol–water partition coefficient (Wildman–Crippen LogP) is 0.671. The summed E-state index contributed by atoms with van der Waals surface area (Å²) in [4.78, 5) is 14.5. The molecule has 2 atom stereocenters. The number of hydrogen-bond donors (Lipinski definition) is 1. The lowest BCUT2D eigenvalue weighted by molar-refractivity contribution is -0.135. The van der Waals surface area contributed by atoms with Crippen LogP contribution < -0.4 is 5.32 Å². The lowest BCUT2D eigenvalue weighted by Gasteiger charge is -2.28. The van der Waals surface area contributed by atoms with Gasteiger partial charge in [-0.25, -0.2) is 0 Å². The molecule has 6 nitrogen and oxygen atoms in total. The van der Waals surface area contributed by atoms with Gasteiger partial charge in [0, 0.05) is 38.6 Å². The summed E-state index contributed by atoms with van der Waals surface area (Å²) in [7, 11) is 1.66. The quantitative estimate of drug-likeness (QED) is 0.797. The van der Waals surface area contributed by atoms with Gasteiger partial charge in [-0.2, -0.15) is 5.10 Å². The average Bonchev–Trinajstić information content (AvgIpc) is 3.14. The molecule has 2 rings (SSSR count). The molecule has 112 valence electrons. The Morgan fingerprint density at radius 1 is 1.65 bits per heavy atom. The summed E-state index contributed by atoms with van der Waals surface area (Å²) in [5.41, 5.74) is 0. The molecule has 0 saturated carbocycles. The van der Waals surface area contributed by atoms with E-state index >= 15 is 0 Å². The summed E-state index contributed by atoms with van der Waals surface area (Å²) < 4.78 is 6.82. The average molecular weight is 280 g/mol. The van der Waals surface area contributed by atoms with Crippen molar-refractivity contribution in [3.63, 3.8) is 0 Å². The third kappa shape index (κ3) is 3.80. The van der Waals surface area contributed by atoms with Crippen molar-refractivity contribution in [1.82, 2.24) is 20.0 Å². The SMILES string of the molecule is COCCN(CC1CCCN1)C(=O)C(C)n1cccn1. The van der Waals surface area contributed by atoms with E-state index < -0.39 is 0 Å². The summed E-state index contributed by atoms with van der Waals surface area (Å²) in [6, 6.07) is 1.96. The summed E-state index contributed by atoms with van der Waals surface area (Å²) in [5, 5.41) is 7.59. The summed E-state index contributed by atoms with van der Waals surface area (Å²) in [5.74, 6) is 0.0967. The number of carbonyl (C=O) groups excluding carboxylic acids is 1. The van der Waals surface area contributed by atoms with Gasteiger partial charge in [0.2, 0.25) is 5.91 Å². The maximum absolute atomic E-state index is 12.6. The Hall–Kier alpha value is -1.40. The van der Waals surface area contributed by atoms with Crippen LogP contribution in [0.5, 0.6) is 0 Å². The van der Waals surface area contributed by atoms with Crippen LogP contribution in [-0.4, -0.2) is 60.0 Å². The Kier molecular flexibility index (Phi) is 5.55. The van der Waals surface area contributed by atoms with Gasteiger partial charge < -0.3 is 15.0 Å². The highest BCUT2D eigenvalue weighted by Crippen LogP contribution is 2.12. The Morgan fingerprint density at radius 3 is 3.10 bits per heavy atom. The molecular weight excluding hydrogens is 256 g/mol. The first-order chi connectivity index (χ1) is 9.72. The van der Waals surface area contributed by atoms with E-state index in [2.05, 4.69) is 10.4 Å². The smallest absolute Gasteiger partial charge is 0.247 e. The van der Waals surface area contributed by atoms with Gasteiger partial charge in [0.1, 0.15) is 6.04 Å². The molecule has 0 aliphatic carbocycles. The Labute approximate surface area is 120 Å². The maximum Gasteiger partial charge on any atom is 0.247 e.